The minimum absolute atomic E-state index is 0. The number of rotatable bonds is 0. The molecule has 0 atom stereocenters. The highest BCUT2D eigenvalue weighted by molar-refractivity contribution is 5.75. The second kappa shape index (κ2) is 4.20. The van der Waals surface area contributed by atoms with Gasteiger partial charge in [-0.15, -0.1) is 0 Å². The summed E-state index contributed by atoms with van der Waals surface area (Å²) < 4.78 is 0. The van der Waals surface area contributed by atoms with Gasteiger partial charge in [0.05, 0.1) is 0 Å². The smallest absolute Gasteiger partial charge is 0.126 e. The molecule has 0 spiro atoms. The van der Waals surface area contributed by atoms with Crippen LogP contribution in [-0.4, -0.2) is 23.1 Å². The van der Waals surface area contributed by atoms with Gasteiger partial charge in [0.1, 0.15) is 5.78 Å². The van der Waals surface area contributed by atoms with E-state index in [0.29, 0.717) is 0 Å². The molecule has 3 radical (unpaired) electrons. The Labute approximate surface area is 42.5 Å². The molecule has 0 saturated heterocycles. The number of hydrogen-bond donors (Lipinski definition) is 0. The third kappa shape index (κ3) is 497. The third-order valence-corrected chi connectivity index (χ3v) is 0. The molecular formula is C3H6AlO. The minimum Gasteiger partial charge on any atom is -0.300 e. The Balaban J connectivity index is 0. The van der Waals surface area contributed by atoms with Crippen LogP contribution >= 0.6 is 0 Å². The summed E-state index contributed by atoms with van der Waals surface area (Å²) in [6.45, 7) is 3.06. The van der Waals surface area contributed by atoms with Gasteiger partial charge in [-0.3, -0.25) is 0 Å². The van der Waals surface area contributed by atoms with Gasteiger partial charge >= 0.3 is 0 Å². The molecule has 5 heavy (non-hydrogen) atoms. The van der Waals surface area contributed by atoms with Crippen LogP contribution in [0.4, 0.5) is 0 Å². The monoisotopic (exact) mass is 85.0 g/mol. The van der Waals surface area contributed by atoms with Crippen LogP contribution in [0.2, 0.25) is 0 Å². The second-order valence-corrected chi connectivity index (χ2v) is 0.908. The molecule has 0 aliphatic rings. The number of carbonyl (C=O) groups excluding carboxylic acids is 1. The van der Waals surface area contributed by atoms with Gasteiger partial charge < -0.3 is 4.79 Å². The minimum atomic E-state index is 0. The molecule has 1 nitrogen and oxygen atoms in total. The Kier molecular flexibility index (Phi) is 7.53. The number of Topliss-reactive ketones (excluding diaryl/α,β-unsaturated/α-hetero) is 1. The van der Waals surface area contributed by atoms with E-state index >= 15 is 0 Å². The third-order valence-electron chi connectivity index (χ3n) is 0. The molecule has 0 rings (SSSR count). The van der Waals surface area contributed by atoms with Crippen LogP contribution in [-0.2, 0) is 4.79 Å². The quantitative estimate of drug-likeness (QED) is 0.384. The molecule has 0 saturated carbocycles. The summed E-state index contributed by atoms with van der Waals surface area (Å²) >= 11 is 0. The maximum atomic E-state index is 9.44. The zero-order chi connectivity index (χ0) is 3.58. The van der Waals surface area contributed by atoms with Gasteiger partial charge in [0.25, 0.3) is 0 Å². The van der Waals surface area contributed by atoms with Crippen LogP contribution in [0.15, 0.2) is 0 Å². The van der Waals surface area contributed by atoms with E-state index in [1.165, 1.54) is 13.8 Å². The van der Waals surface area contributed by atoms with Crippen molar-refractivity contribution >= 4 is 23.1 Å². The van der Waals surface area contributed by atoms with E-state index in [1.54, 1.807) is 0 Å². The Hall–Kier alpha value is 0.202. The highest BCUT2D eigenvalue weighted by Crippen LogP contribution is 1.50. The molecule has 0 aromatic heterocycles. The van der Waals surface area contributed by atoms with Crippen molar-refractivity contribution in [3.8, 4) is 0 Å². The van der Waals surface area contributed by atoms with E-state index < -0.39 is 0 Å². The summed E-state index contributed by atoms with van der Waals surface area (Å²) in [4.78, 5) is 9.44. The average Bonchev–Trinajstić information content (AvgIpc) is 0.811. The lowest BCUT2D eigenvalue weighted by Gasteiger charge is -1.56. The topological polar surface area (TPSA) is 17.1 Å². The molecule has 0 aliphatic carbocycles. The molecule has 2 heteroatoms. The SMILES string of the molecule is CC(C)=O.[Al]. The Morgan fingerprint density at radius 2 is 1.40 bits per heavy atom. The Bertz CT molecular complexity index is 29.9. The second-order valence-electron chi connectivity index (χ2n) is 0.908. The molecule has 0 bridgehead atoms. The number of carbonyl (C=O) groups is 1. The fourth-order valence-electron chi connectivity index (χ4n) is 0. The Morgan fingerprint density at radius 1 is 1.40 bits per heavy atom. The van der Waals surface area contributed by atoms with Crippen LogP contribution < -0.4 is 0 Å². The molecule has 0 N–H and O–H groups in total. The van der Waals surface area contributed by atoms with Crippen LogP contribution in [0.3, 0.4) is 0 Å². The van der Waals surface area contributed by atoms with Crippen LogP contribution in [0.25, 0.3) is 0 Å². The molecule has 0 aromatic rings. The maximum Gasteiger partial charge on any atom is 0.126 e. The van der Waals surface area contributed by atoms with Crippen LogP contribution in [0.1, 0.15) is 13.8 Å². The lowest BCUT2D eigenvalue weighted by atomic mass is 10.6. The first-order valence-corrected chi connectivity index (χ1v) is 1.20. The largest absolute Gasteiger partial charge is 0.300 e. The van der Waals surface area contributed by atoms with E-state index in [4.69, 9.17) is 0 Å². The normalized spacial score (nSPS) is 5.20. The first-order chi connectivity index (χ1) is 1.73. The summed E-state index contributed by atoms with van der Waals surface area (Å²) in [5, 5.41) is 0. The molecule has 0 aromatic carbocycles. The zero-order valence-corrected chi connectivity index (χ0v) is 4.64. The highest BCUT2D eigenvalue weighted by atomic mass is 27.0. The van der Waals surface area contributed by atoms with Gasteiger partial charge in [0.2, 0.25) is 0 Å². The fourth-order valence-corrected chi connectivity index (χ4v) is 0. The summed E-state index contributed by atoms with van der Waals surface area (Å²) in [6, 6.07) is 0. The molecular weight excluding hydrogens is 79.0 g/mol. The van der Waals surface area contributed by atoms with Crippen molar-refractivity contribution in [1.29, 1.82) is 0 Å². The van der Waals surface area contributed by atoms with Gasteiger partial charge in [-0.05, 0) is 13.8 Å². The van der Waals surface area contributed by atoms with Crippen molar-refractivity contribution in [3.63, 3.8) is 0 Å². The van der Waals surface area contributed by atoms with E-state index in [2.05, 4.69) is 0 Å². The van der Waals surface area contributed by atoms with E-state index in [0.717, 1.165) is 0 Å². The van der Waals surface area contributed by atoms with Gasteiger partial charge in [0, 0.05) is 17.4 Å². The molecule has 0 amide bonds. The molecule has 0 fully saturated rings. The first-order valence-electron chi connectivity index (χ1n) is 1.20. The predicted octanol–water partition coefficient (Wildman–Crippen LogP) is 0.214. The lowest BCUT2D eigenvalue weighted by Crippen LogP contribution is -1.69. The summed E-state index contributed by atoms with van der Waals surface area (Å²) in [7, 11) is 0. The van der Waals surface area contributed by atoms with Crippen LogP contribution in [0.5, 0.6) is 0 Å². The van der Waals surface area contributed by atoms with Crippen molar-refractivity contribution in [2.45, 2.75) is 13.8 Å². The number of ketones is 1. The van der Waals surface area contributed by atoms with E-state index in [1.807, 2.05) is 0 Å². The summed E-state index contributed by atoms with van der Waals surface area (Å²) in [6.07, 6.45) is 0. The van der Waals surface area contributed by atoms with Gasteiger partial charge in [-0.1, -0.05) is 0 Å². The van der Waals surface area contributed by atoms with Crippen molar-refractivity contribution in [2.24, 2.45) is 0 Å². The van der Waals surface area contributed by atoms with Crippen molar-refractivity contribution in [2.75, 3.05) is 0 Å². The molecule has 0 aliphatic heterocycles. The van der Waals surface area contributed by atoms with E-state index in [9.17, 15) is 4.79 Å². The first kappa shape index (κ1) is 8.96. The van der Waals surface area contributed by atoms with Gasteiger partial charge in [0.15, 0.2) is 0 Å². The van der Waals surface area contributed by atoms with Gasteiger partial charge in [-0.25, -0.2) is 0 Å². The average molecular weight is 85.1 g/mol. The summed E-state index contributed by atoms with van der Waals surface area (Å²) in [5.41, 5.74) is 0. The molecule has 0 heterocycles. The highest BCUT2D eigenvalue weighted by Gasteiger charge is 1.62. The summed E-state index contributed by atoms with van der Waals surface area (Å²) in [5.74, 6) is 0.167. The zero-order valence-electron chi connectivity index (χ0n) is 3.49. The molecule has 27 valence electrons. The van der Waals surface area contributed by atoms with Crippen molar-refractivity contribution in [3.05, 3.63) is 0 Å². The predicted molar refractivity (Wildman–Crippen MR) is 22.1 cm³/mol. The van der Waals surface area contributed by atoms with Crippen molar-refractivity contribution in [1.82, 2.24) is 0 Å². The number of hydrogen-bond acceptors (Lipinski definition) is 1. The lowest BCUT2D eigenvalue weighted by molar-refractivity contribution is -0.114. The van der Waals surface area contributed by atoms with E-state index in [-0.39, 0.29) is 23.1 Å². The van der Waals surface area contributed by atoms with Crippen LogP contribution in [0, 0.1) is 0 Å². The molecule has 0 unspecified atom stereocenters. The van der Waals surface area contributed by atoms with Gasteiger partial charge in [-0.2, -0.15) is 0 Å². The Morgan fingerprint density at radius 3 is 1.40 bits per heavy atom. The maximum absolute atomic E-state index is 9.44. The fraction of sp³-hybridized carbons (Fsp3) is 0.667. The van der Waals surface area contributed by atoms with Crippen molar-refractivity contribution < 1.29 is 4.79 Å². The standard InChI is InChI=1S/C3H6O.Al/c1-3(2)4;/h1-2H3;.